The van der Waals surface area contributed by atoms with Crippen molar-refractivity contribution in [2.24, 2.45) is 5.92 Å². The highest BCUT2D eigenvalue weighted by atomic mass is 16.3. The monoisotopic (exact) mass is 394 g/mol. The summed E-state index contributed by atoms with van der Waals surface area (Å²) in [5.74, 6) is -0.435. The Labute approximate surface area is 170 Å². The van der Waals surface area contributed by atoms with Crippen LogP contribution in [0.25, 0.3) is 6.08 Å². The Morgan fingerprint density at radius 3 is 2.45 bits per heavy atom. The quantitative estimate of drug-likeness (QED) is 0.519. The van der Waals surface area contributed by atoms with Gasteiger partial charge in [0.25, 0.3) is 0 Å². The van der Waals surface area contributed by atoms with Crippen molar-refractivity contribution in [2.75, 3.05) is 19.6 Å². The highest BCUT2D eigenvalue weighted by Gasteiger charge is 2.26. The molecule has 0 aliphatic carbocycles. The number of hydrogen-bond acceptors (Lipinski definition) is 4. The van der Waals surface area contributed by atoms with Gasteiger partial charge in [-0.15, -0.1) is 0 Å². The highest BCUT2D eigenvalue weighted by molar-refractivity contribution is 5.92. The van der Waals surface area contributed by atoms with Crippen LogP contribution in [0.15, 0.2) is 54.6 Å². The Morgan fingerprint density at radius 1 is 1.03 bits per heavy atom. The van der Waals surface area contributed by atoms with Crippen LogP contribution in [-0.2, 0) is 16.0 Å². The van der Waals surface area contributed by atoms with Crippen molar-refractivity contribution in [3.63, 3.8) is 0 Å². The molecule has 0 bridgehead atoms. The van der Waals surface area contributed by atoms with E-state index in [1.54, 1.807) is 17.0 Å². The van der Waals surface area contributed by atoms with Crippen molar-refractivity contribution in [3.05, 3.63) is 65.7 Å². The van der Waals surface area contributed by atoms with Gasteiger partial charge in [0.1, 0.15) is 0 Å². The third-order valence-corrected chi connectivity index (χ3v) is 5.15. The fourth-order valence-electron chi connectivity index (χ4n) is 3.40. The maximum atomic E-state index is 12.4. The van der Waals surface area contributed by atoms with Crippen LogP contribution in [0.3, 0.4) is 0 Å². The summed E-state index contributed by atoms with van der Waals surface area (Å²) in [4.78, 5) is 26.5. The van der Waals surface area contributed by atoms with E-state index in [0.717, 1.165) is 11.1 Å². The predicted molar refractivity (Wildman–Crippen MR) is 111 cm³/mol. The smallest absolute Gasteiger partial charge is 0.246 e. The standard InChI is InChI=1S/C23H26N2O4/c26-20-8-6-18(16-21(20)27)10-13-24-23(29)19-11-14-25(15-12-19)22(28)9-7-17-4-2-1-3-5-17/h1-9,16,19,26-27H,10-15H2,(H,24,29)/b9-7+. The molecule has 1 aliphatic heterocycles. The van der Waals surface area contributed by atoms with Crippen molar-refractivity contribution in [3.8, 4) is 11.5 Å². The van der Waals surface area contributed by atoms with Crippen molar-refractivity contribution >= 4 is 17.9 Å². The summed E-state index contributed by atoms with van der Waals surface area (Å²) in [6.45, 7) is 1.60. The molecule has 2 aromatic carbocycles. The van der Waals surface area contributed by atoms with Gasteiger partial charge in [0.15, 0.2) is 11.5 Å². The highest BCUT2D eigenvalue weighted by Crippen LogP contribution is 2.25. The van der Waals surface area contributed by atoms with Crippen molar-refractivity contribution in [1.29, 1.82) is 0 Å². The van der Waals surface area contributed by atoms with E-state index in [-0.39, 0.29) is 29.2 Å². The van der Waals surface area contributed by atoms with Crippen molar-refractivity contribution in [1.82, 2.24) is 10.2 Å². The number of likely N-dealkylation sites (tertiary alicyclic amines) is 1. The molecule has 0 unspecified atom stereocenters. The summed E-state index contributed by atoms with van der Waals surface area (Å²) < 4.78 is 0. The fraction of sp³-hybridized carbons (Fsp3) is 0.304. The molecule has 6 heteroatoms. The average molecular weight is 394 g/mol. The van der Waals surface area contributed by atoms with E-state index in [0.29, 0.717) is 38.9 Å². The number of carbonyl (C=O) groups excluding carboxylic acids is 2. The van der Waals surface area contributed by atoms with Gasteiger partial charge in [-0.1, -0.05) is 36.4 Å². The molecule has 29 heavy (non-hydrogen) atoms. The number of nitrogens with one attached hydrogen (secondary N) is 1. The number of phenols is 2. The molecule has 1 saturated heterocycles. The second-order valence-corrected chi connectivity index (χ2v) is 7.21. The van der Waals surface area contributed by atoms with Gasteiger partial charge in [-0.2, -0.15) is 0 Å². The second-order valence-electron chi connectivity index (χ2n) is 7.21. The zero-order valence-corrected chi connectivity index (χ0v) is 16.3. The van der Waals surface area contributed by atoms with E-state index in [9.17, 15) is 19.8 Å². The molecule has 0 aromatic heterocycles. The Hall–Kier alpha value is -3.28. The number of aromatic hydroxyl groups is 2. The topological polar surface area (TPSA) is 89.9 Å². The van der Waals surface area contributed by atoms with Gasteiger partial charge >= 0.3 is 0 Å². The molecule has 1 heterocycles. The molecule has 1 fully saturated rings. The van der Waals surface area contributed by atoms with Crippen LogP contribution in [0, 0.1) is 5.92 Å². The zero-order chi connectivity index (χ0) is 20.6. The molecule has 3 N–H and O–H groups in total. The minimum absolute atomic E-state index is 0.0000677. The molecule has 0 radical (unpaired) electrons. The lowest BCUT2D eigenvalue weighted by Crippen LogP contribution is -2.42. The summed E-state index contributed by atoms with van der Waals surface area (Å²) in [6.07, 6.45) is 5.26. The molecule has 6 nitrogen and oxygen atoms in total. The summed E-state index contributed by atoms with van der Waals surface area (Å²) >= 11 is 0. The zero-order valence-electron chi connectivity index (χ0n) is 16.3. The lowest BCUT2D eigenvalue weighted by Gasteiger charge is -2.30. The summed E-state index contributed by atoms with van der Waals surface area (Å²) in [6, 6.07) is 14.3. The van der Waals surface area contributed by atoms with Crippen LogP contribution in [0.5, 0.6) is 11.5 Å². The number of nitrogens with zero attached hydrogens (tertiary/aromatic N) is 1. The van der Waals surface area contributed by atoms with Crippen LogP contribution < -0.4 is 5.32 Å². The Kier molecular flexibility index (Phi) is 6.89. The first-order chi connectivity index (χ1) is 14.0. The third kappa shape index (κ3) is 5.85. The fourth-order valence-corrected chi connectivity index (χ4v) is 3.40. The number of carbonyl (C=O) groups is 2. The first-order valence-electron chi connectivity index (χ1n) is 9.83. The minimum Gasteiger partial charge on any atom is -0.504 e. The van der Waals surface area contributed by atoms with Gasteiger partial charge in [0.2, 0.25) is 11.8 Å². The molecule has 1 aliphatic rings. The van der Waals surface area contributed by atoms with Crippen molar-refractivity contribution < 1.29 is 19.8 Å². The average Bonchev–Trinajstić information content (AvgIpc) is 2.75. The van der Waals surface area contributed by atoms with E-state index >= 15 is 0 Å². The molecule has 2 amide bonds. The molecule has 3 rings (SSSR count). The van der Waals surface area contributed by atoms with Gasteiger partial charge < -0.3 is 20.4 Å². The van der Waals surface area contributed by atoms with E-state index < -0.39 is 0 Å². The van der Waals surface area contributed by atoms with Gasteiger partial charge in [-0.25, -0.2) is 0 Å². The Bertz CT molecular complexity index is 872. The van der Waals surface area contributed by atoms with E-state index in [1.807, 2.05) is 36.4 Å². The summed E-state index contributed by atoms with van der Waals surface area (Å²) in [7, 11) is 0. The Balaban J connectivity index is 1.40. The normalized spacial score (nSPS) is 14.8. The van der Waals surface area contributed by atoms with Crippen LogP contribution in [0.1, 0.15) is 24.0 Å². The van der Waals surface area contributed by atoms with E-state index in [4.69, 9.17) is 0 Å². The second kappa shape index (κ2) is 9.78. The van der Waals surface area contributed by atoms with Crippen LogP contribution in [0.2, 0.25) is 0 Å². The third-order valence-electron chi connectivity index (χ3n) is 5.15. The maximum Gasteiger partial charge on any atom is 0.246 e. The van der Waals surface area contributed by atoms with Gasteiger partial charge in [0, 0.05) is 31.6 Å². The number of rotatable bonds is 6. The minimum atomic E-state index is -0.160. The number of phenolic OH excluding ortho intramolecular Hbond substituents is 2. The van der Waals surface area contributed by atoms with Gasteiger partial charge in [-0.05, 0) is 48.6 Å². The molecule has 2 aromatic rings. The first kappa shape index (κ1) is 20.5. The number of benzene rings is 2. The molecule has 0 saturated carbocycles. The maximum absolute atomic E-state index is 12.4. The summed E-state index contributed by atoms with van der Waals surface area (Å²) in [5.41, 5.74) is 1.82. The Morgan fingerprint density at radius 2 is 1.76 bits per heavy atom. The van der Waals surface area contributed by atoms with E-state index in [2.05, 4.69) is 5.32 Å². The first-order valence-corrected chi connectivity index (χ1v) is 9.83. The lowest BCUT2D eigenvalue weighted by atomic mass is 9.95. The SMILES string of the molecule is O=C(NCCc1ccc(O)c(O)c1)C1CCN(C(=O)/C=C/c2ccccc2)CC1. The molecule has 0 spiro atoms. The van der Waals surface area contributed by atoms with E-state index in [1.165, 1.54) is 12.1 Å². The van der Waals surface area contributed by atoms with Crippen molar-refractivity contribution in [2.45, 2.75) is 19.3 Å². The molecule has 0 atom stereocenters. The lowest BCUT2D eigenvalue weighted by molar-refractivity contribution is -0.132. The molecule has 152 valence electrons. The largest absolute Gasteiger partial charge is 0.504 e. The van der Waals surface area contributed by atoms with Crippen LogP contribution in [0.4, 0.5) is 0 Å². The number of hydrogen-bond donors (Lipinski definition) is 3. The number of piperidine rings is 1. The van der Waals surface area contributed by atoms with Gasteiger partial charge in [0.05, 0.1) is 0 Å². The molecular formula is C23H26N2O4. The molecular weight excluding hydrogens is 368 g/mol. The number of amides is 2. The predicted octanol–water partition coefficient (Wildman–Crippen LogP) is 2.71. The van der Waals surface area contributed by atoms with Gasteiger partial charge in [-0.3, -0.25) is 9.59 Å². The van der Waals surface area contributed by atoms with Crippen LogP contribution >= 0.6 is 0 Å². The van der Waals surface area contributed by atoms with Crippen LogP contribution in [-0.4, -0.2) is 46.6 Å². The summed E-state index contributed by atoms with van der Waals surface area (Å²) in [5, 5.41) is 21.8.